The predicted octanol–water partition coefficient (Wildman–Crippen LogP) is 4.07. The van der Waals surface area contributed by atoms with Gasteiger partial charge in [-0.15, -0.1) is 12.4 Å². The summed E-state index contributed by atoms with van der Waals surface area (Å²) in [4.78, 5) is 0. The second-order valence-corrected chi connectivity index (χ2v) is 5.30. The van der Waals surface area contributed by atoms with Gasteiger partial charge in [-0.25, -0.2) is 4.39 Å². The minimum Gasteiger partial charge on any atom is -0.350 e. The topological polar surface area (TPSA) is 17.0 Å². The molecule has 0 saturated carbocycles. The lowest BCUT2D eigenvalue weighted by atomic mass is 10.1. The number of fused-ring (bicyclic) bond motifs is 1. The van der Waals surface area contributed by atoms with Crippen molar-refractivity contribution >= 4 is 23.3 Å². The summed E-state index contributed by atoms with van der Waals surface area (Å²) >= 11 is 0. The zero-order valence-electron chi connectivity index (χ0n) is 12.6. The Balaban J connectivity index is 0.00000176. The Morgan fingerprint density at radius 2 is 1.73 bits per heavy atom. The molecule has 1 N–H and O–H groups in total. The molecule has 0 saturated heterocycles. The number of para-hydroxylation sites is 1. The highest BCUT2D eigenvalue weighted by molar-refractivity contribution is 5.85. The van der Waals surface area contributed by atoms with Gasteiger partial charge >= 0.3 is 0 Å². The van der Waals surface area contributed by atoms with Crippen LogP contribution in [0, 0.1) is 5.82 Å². The van der Waals surface area contributed by atoms with E-state index in [9.17, 15) is 4.39 Å². The first-order chi connectivity index (χ1) is 10.3. The number of hydrogen-bond donors (Lipinski definition) is 1. The van der Waals surface area contributed by atoms with Crippen molar-refractivity contribution in [3.8, 4) is 0 Å². The van der Waals surface area contributed by atoms with Crippen molar-refractivity contribution < 1.29 is 4.39 Å². The normalized spacial score (nSPS) is 10.6. The molecule has 0 amide bonds. The summed E-state index contributed by atoms with van der Waals surface area (Å²) in [6.45, 7) is 1.57. The highest BCUT2D eigenvalue weighted by Crippen LogP contribution is 2.19. The number of aryl methyl sites for hydroxylation is 1. The Hall–Kier alpha value is -1.84. The number of rotatable bonds is 5. The zero-order chi connectivity index (χ0) is 14.7. The van der Waals surface area contributed by atoms with Crippen LogP contribution in [0.3, 0.4) is 0 Å². The van der Waals surface area contributed by atoms with Crippen molar-refractivity contribution in [3.63, 3.8) is 0 Å². The summed E-state index contributed by atoms with van der Waals surface area (Å²) in [5.41, 5.74) is 3.29. The van der Waals surface area contributed by atoms with Crippen molar-refractivity contribution in [2.75, 3.05) is 6.54 Å². The molecule has 0 unspecified atom stereocenters. The SMILES string of the molecule is Cl.Cn1cc(CNCCc2ccccc2F)c2ccccc21. The molecule has 3 rings (SSSR count). The molecule has 3 aromatic rings. The third-order valence-electron chi connectivity index (χ3n) is 3.82. The second-order valence-electron chi connectivity index (χ2n) is 5.30. The van der Waals surface area contributed by atoms with E-state index in [1.807, 2.05) is 12.1 Å². The Labute approximate surface area is 136 Å². The van der Waals surface area contributed by atoms with Crippen molar-refractivity contribution in [1.82, 2.24) is 9.88 Å². The van der Waals surface area contributed by atoms with Crippen LogP contribution in [0.2, 0.25) is 0 Å². The smallest absolute Gasteiger partial charge is 0.126 e. The average molecular weight is 319 g/mol. The Bertz CT molecular complexity index is 752. The Kier molecular flexibility index (Phi) is 5.58. The summed E-state index contributed by atoms with van der Waals surface area (Å²) < 4.78 is 15.7. The highest BCUT2D eigenvalue weighted by atomic mass is 35.5. The largest absolute Gasteiger partial charge is 0.350 e. The van der Waals surface area contributed by atoms with Crippen LogP contribution in [-0.4, -0.2) is 11.1 Å². The lowest BCUT2D eigenvalue weighted by Gasteiger charge is -2.05. The quantitative estimate of drug-likeness (QED) is 0.702. The molecule has 2 nitrogen and oxygen atoms in total. The van der Waals surface area contributed by atoms with E-state index in [2.05, 4.69) is 47.4 Å². The summed E-state index contributed by atoms with van der Waals surface area (Å²) in [5, 5.41) is 4.68. The van der Waals surface area contributed by atoms with Gasteiger partial charge in [0, 0.05) is 30.7 Å². The maximum atomic E-state index is 13.5. The number of nitrogens with zero attached hydrogens (tertiary/aromatic N) is 1. The van der Waals surface area contributed by atoms with Crippen LogP contribution < -0.4 is 5.32 Å². The molecule has 22 heavy (non-hydrogen) atoms. The van der Waals surface area contributed by atoms with E-state index in [0.29, 0.717) is 6.42 Å². The van der Waals surface area contributed by atoms with Gasteiger partial charge in [0.1, 0.15) is 5.82 Å². The van der Waals surface area contributed by atoms with Crippen molar-refractivity contribution in [2.45, 2.75) is 13.0 Å². The monoisotopic (exact) mass is 318 g/mol. The van der Waals surface area contributed by atoms with E-state index in [1.165, 1.54) is 22.5 Å². The number of aromatic nitrogens is 1. The third-order valence-corrected chi connectivity index (χ3v) is 3.82. The fourth-order valence-corrected chi connectivity index (χ4v) is 2.71. The molecule has 0 fully saturated rings. The molecule has 1 heterocycles. The van der Waals surface area contributed by atoms with E-state index >= 15 is 0 Å². The van der Waals surface area contributed by atoms with Crippen LogP contribution >= 0.6 is 12.4 Å². The van der Waals surface area contributed by atoms with Crippen LogP contribution in [0.4, 0.5) is 4.39 Å². The van der Waals surface area contributed by atoms with Crippen molar-refractivity contribution in [2.24, 2.45) is 7.05 Å². The standard InChI is InChI=1S/C18H19FN2.ClH/c1-21-13-15(16-7-3-5-9-18(16)21)12-20-11-10-14-6-2-4-8-17(14)19;/h2-9,13,20H,10-12H2,1H3;1H. The molecule has 0 atom stereocenters. The van der Waals surface area contributed by atoms with Gasteiger partial charge in [-0.1, -0.05) is 36.4 Å². The van der Waals surface area contributed by atoms with Crippen LogP contribution in [0.25, 0.3) is 10.9 Å². The molecule has 4 heteroatoms. The molecule has 2 aromatic carbocycles. The van der Waals surface area contributed by atoms with Crippen LogP contribution in [0.5, 0.6) is 0 Å². The van der Waals surface area contributed by atoms with E-state index in [0.717, 1.165) is 18.7 Å². The fraction of sp³-hybridized carbons (Fsp3) is 0.222. The van der Waals surface area contributed by atoms with E-state index in [4.69, 9.17) is 0 Å². The van der Waals surface area contributed by atoms with Gasteiger partial charge in [0.05, 0.1) is 0 Å². The molecule has 0 radical (unpaired) electrons. The molecule has 0 aliphatic carbocycles. The van der Waals surface area contributed by atoms with Gasteiger partial charge in [0.15, 0.2) is 0 Å². The molecule has 0 bridgehead atoms. The molecular weight excluding hydrogens is 299 g/mol. The van der Waals surface area contributed by atoms with Crippen LogP contribution in [0.1, 0.15) is 11.1 Å². The molecule has 116 valence electrons. The second kappa shape index (κ2) is 7.43. The van der Waals surface area contributed by atoms with Gasteiger partial charge in [0.25, 0.3) is 0 Å². The van der Waals surface area contributed by atoms with Gasteiger partial charge in [0.2, 0.25) is 0 Å². The summed E-state index contributed by atoms with van der Waals surface area (Å²) in [6, 6.07) is 15.3. The summed E-state index contributed by atoms with van der Waals surface area (Å²) in [7, 11) is 2.06. The minimum atomic E-state index is -0.121. The van der Waals surface area contributed by atoms with Crippen LogP contribution in [0.15, 0.2) is 54.7 Å². The number of benzene rings is 2. The van der Waals surface area contributed by atoms with E-state index in [1.54, 1.807) is 6.07 Å². The van der Waals surface area contributed by atoms with Crippen molar-refractivity contribution in [1.29, 1.82) is 0 Å². The lowest BCUT2D eigenvalue weighted by molar-refractivity contribution is 0.598. The van der Waals surface area contributed by atoms with Gasteiger partial charge in [-0.05, 0) is 36.2 Å². The Morgan fingerprint density at radius 3 is 2.55 bits per heavy atom. The number of nitrogens with one attached hydrogen (secondary N) is 1. The number of hydrogen-bond acceptors (Lipinski definition) is 1. The maximum Gasteiger partial charge on any atom is 0.126 e. The van der Waals surface area contributed by atoms with Gasteiger partial charge in [-0.3, -0.25) is 0 Å². The molecule has 0 spiro atoms. The van der Waals surface area contributed by atoms with Gasteiger partial charge in [-0.2, -0.15) is 0 Å². The average Bonchev–Trinajstić information content (AvgIpc) is 2.82. The number of halogens is 2. The molecular formula is C18H20ClFN2. The lowest BCUT2D eigenvalue weighted by Crippen LogP contribution is -2.17. The predicted molar refractivity (Wildman–Crippen MR) is 92.0 cm³/mol. The first-order valence-corrected chi connectivity index (χ1v) is 7.23. The van der Waals surface area contributed by atoms with Crippen molar-refractivity contribution in [3.05, 3.63) is 71.7 Å². The van der Waals surface area contributed by atoms with Crippen LogP contribution in [-0.2, 0) is 20.0 Å². The zero-order valence-corrected chi connectivity index (χ0v) is 13.4. The first-order valence-electron chi connectivity index (χ1n) is 7.23. The molecule has 0 aliphatic rings. The fourth-order valence-electron chi connectivity index (χ4n) is 2.71. The minimum absolute atomic E-state index is 0. The highest BCUT2D eigenvalue weighted by Gasteiger charge is 2.05. The Morgan fingerprint density at radius 1 is 1.00 bits per heavy atom. The first kappa shape index (κ1) is 16.5. The summed E-state index contributed by atoms with van der Waals surface area (Å²) in [5.74, 6) is -0.121. The molecule has 1 aromatic heterocycles. The maximum absolute atomic E-state index is 13.5. The van der Waals surface area contributed by atoms with Gasteiger partial charge < -0.3 is 9.88 Å². The van der Waals surface area contributed by atoms with E-state index < -0.39 is 0 Å². The van der Waals surface area contributed by atoms with E-state index in [-0.39, 0.29) is 18.2 Å². The molecule has 0 aliphatic heterocycles. The summed E-state index contributed by atoms with van der Waals surface area (Å²) in [6.07, 6.45) is 2.86. The third kappa shape index (κ3) is 3.49.